The van der Waals surface area contributed by atoms with E-state index in [2.05, 4.69) is 34.9 Å². The molecule has 0 bridgehead atoms. The minimum atomic E-state index is 0.852. The van der Waals surface area contributed by atoms with Crippen molar-refractivity contribution in [2.75, 3.05) is 7.05 Å². The van der Waals surface area contributed by atoms with Crippen molar-refractivity contribution in [2.45, 2.75) is 13.5 Å². The van der Waals surface area contributed by atoms with Gasteiger partial charge in [0.2, 0.25) is 0 Å². The Balaban J connectivity index is 2.54. The molecule has 2 aromatic rings. The van der Waals surface area contributed by atoms with Gasteiger partial charge in [-0.3, -0.25) is 4.68 Å². The second-order valence-corrected chi connectivity index (χ2v) is 4.49. The highest BCUT2D eigenvalue weighted by Gasteiger charge is 2.14. The average Bonchev–Trinajstić information content (AvgIpc) is 2.77. The second kappa shape index (κ2) is 4.16. The molecule has 0 unspecified atom stereocenters. The predicted octanol–water partition coefficient (Wildman–Crippen LogP) is 2.18. The summed E-state index contributed by atoms with van der Waals surface area (Å²) < 4.78 is 1.96. The van der Waals surface area contributed by atoms with E-state index in [1.54, 1.807) is 11.3 Å². The van der Waals surface area contributed by atoms with Crippen LogP contribution in [-0.4, -0.2) is 16.8 Å². The molecule has 0 aliphatic heterocycles. The molecule has 3 nitrogen and oxygen atoms in total. The van der Waals surface area contributed by atoms with Crippen molar-refractivity contribution in [3.05, 3.63) is 28.9 Å². The van der Waals surface area contributed by atoms with Crippen LogP contribution < -0.4 is 5.32 Å². The van der Waals surface area contributed by atoms with Crippen LogP contribution in [-0.2, 0) is 13.6 Å². The van der Waals surface area contributed by atoms with Crippen LogP contribution in [0.4, 0.5) is 0 Å². The smallest absolute Gasteiger partial charge is 0.0683 e. The van der Waals surface area contributed by atoms with Gasteiger partial charge in [-0.2, -0.15) is 5.10 Å². The first-order valence-electron chi connectivity index (χ1n) is 4.95. The number of hydrogen-bond donors (Lipinski definition) is 1. The van der Waals surface area contributed by atoms with Crippen LogP contribution in [0.1, 0.15) is 11.4 Å². The lowest BCUT2D eigenvalue weighted by atomic mass is 10.1. The summed E-state index contributed by atoms with van der Waals surface area (Å²) >= 11 is 1.76. The van der Waals surface area contributed by atoms with Gasteiger partial charge in [0.1, 0.15) is 0 Å². The van der Waals surface area contributed by atoms with E-state index in [-0.39, 0.29) is 0 Å². The number of rotatable bonds is 3. The average molecular weight is 221 g/mol. The third-order valence-electron chi connectivity index (χ3n) is 2.45. The summed E-state index contributed by atoms with van der Waals surface area (Å²) in [5, 5.41) is 9.76. The standard InChI is InChI=1S/C11H15N3S/c1-8-11(10-5-4-6-15-10)9(7-12-2)14(3)13-8/h4-6,12H,7H2,1-3H3. The van der Waals surface area contributed by atoms with Crippen molar-refractivity contribution >= 4 is 11.3 Å². The normalized spacial score (nSPS) is 10.9. The molecule has 0 aliphatic rings. The van der Waals surface area contributed by atoms with E-state index in [0.717, 1.165) is 12.2 Å². The highest BCUT2D eigenvalue weighted by molar-refractivity contribution is 7.13. The molecule has 0 fully saturated rings. The van der Waals surface area contributed by atoms with Crippen molar-refractivity contribution in [1.29, 1.82) is 0 Å². The SMILES string of the molecule is CNCc1c(-c2cccs2)c(C)nn1C. The van der Waals surface area contributed by atoms with E-state index < -0.39 is 0 Å². The van der Waals surface area contributed by atoms with Gasteiger partial charge in [-0.05, 0) is 25.4 Å². The Morgan fingerprint density at radius 1 is 1.53 bits per heavy atom. The quantitative estimate of drug-likeness (QED) is 0.861. The number of thiophene rings is 1. The van der Waals surface area contributed by atoms with E-state index in [1.807, 2.05) is 18.8 Å². The summed E-state index contributed by atoms with van der Waals surface area (Å²) in [6.07, 6.45) is 0. The highest BCUT2D eigenvalue weighted by Crippen LogP contribution is 2.30. The van der Waals surface area contributed by atoms with Crippen LogP contribution in [0.3, 0.4) is 0 Å². The van der Waals surface area contributed by atoms with E-state index in [4.69, 9.17) is 0 Å². The summed E-state index contributed by atoms with van der Waals surface area (Å²) in [5.41, 5.74) is 3.63. The second-order valence-electron chi connectivity index (χ2n) is 3.54. The van der Waals surface area contributed by atoms with Crippen LogP contribution in [0.25, 0.3) is 10.4 Å². The largest absolute Gasteiger partial charge is 0.314 e. The third-order valence-corrected chi connectivity index (χ3v) is 3.34. The van der Waals surface area contributed by atoms with Crippen LogP contribution in [0.5, 0.6) is 0 Å². The molecular weight excluding hydrogens is 206 g/mol. The first-order chi connectivity index (χ1) is 7.24. The Kier molecular flexibility index (Phi) is 2.88. The first-order valence-corrected chi connectivity index (χ1v) is 5.83. The van der Waals surface area contributed by atoms with Crippen molar-refractivity contribution in [1.82, 2.24) is 15.1 Å². The highest BCUT2D eigenvalue weighted by atomic mass is 32.1. The summed E-state index contributed by atoms with van der Waals surface area (Å²) in [5.74, 6) is 0. The molecule has 0 saturated heterocycles. The molecule has 1 N–H and O–H groups in total. The van der Waals surface area contributed by atoms with Crippen LogP contribution in [0, 0.1) is 6.92 Å². The van der Waals surface area contributed by atoms with Gasteiger partial charge in [-0.1, -0.05) is 6.07 Å². The summed E-state index contributed by atoms with van der Waals surface area (Å²) in [6, 6.07) is 4.23. The summed E-state index contributed by atoms with van der Waals surface area (Å²) in [6.45, 7) is 2.92. The molecule has 0 aliphatic carbocycles. The van der Waals surface area contributed by atoms with Crippen LogP contribution in [0.2, 0.25) is 0 Å². The number of hydrogen-bond acceptors (Lipinski definition) is 3. The third kappa shape index (κ3) is 1.82. The topological polar surface area (TPSA) is 29.9 Å². The zero-order valence-corrected chi connectivity index (χ0v) is 10.1. The molecule has 15 heavy (non-hydrogen) atoms. The fourth-order valence-electron chi connectivity index (χ4n) is 1.82. The van der Waals surface area contributed by atoms with Gasteiger partial charge in [0.25, 0.3) is 0 Å². The molecule has 2 aromatic heterocycles. The molecule has 2 rings (SSSR count). The molecule has 2 heterocycles. The maximum absolute atomic E-state index is 4.47. The summed E-state index contributed by atoms with van der Waals surface area (Å²) in [7, 11) is 3.96. The molecule has 80 valence electrons. The van der Waals surface area contributed by atoms with E-state index in [0.29, 0.717) is 0 Å². The van der Waals surface area contributed by atoms with Gasteiger partial charge in [0.05, 0.1) is 11.4 Å². The van der Waals surface area contributed by atoms with Crippen LogP contribution >= 0.6 is 11.3 Å². The molecule has 4 heteroatoms. The lowest BCUT2D eigenvalue weighted by Gasteiger charge is -2.03. The van der Waals surface area contributed by atoms with Gasteiger partial charge in [-0.15, -0.1) is 11.3 Å². The van der Waals surface area contributed by atoms with E-state index in [1.165, 1.54) is 16.1 Å². The Morgan fingerprint density at radius 3 is 2.93 bits per heavy atom. The molecule has 0 radical (unpaired) electrons. The van der Waals surface area contributed by atoms with Crippen molar-refractivity contribution in [2.24, 2.45) is 7.05 Å². The van der Waals surface area contributed by atoms with Gasteiger partial charge in [0, 0.05) is 24.0 Å². The first kappa shape index (κ1) is 10.4. The maximum atomic E-state index is 4.47. The Bertz CT molecular complexity index is 443. The Hall–Kier alpha value is -1.13. The fourth-order valence-corrected chi connectivity index (χ4v) is 2.66. The molecule has 0 saturated carbocycles. The van der Waals surface area contributed by atoms with Gasteiger partial charge in [-0.25, -0.2) is 0 Å². The molecule has 0 atom stereocenters. The Labute approximate surface area is 93.7 Å². The molecule has 0 aromatic carbocycles. The predicted molar refractivity (Wildman–Crippen MR) is 64.0 cm³/mol. The Morgan fingerprint density at radius 2 is 2.33 bits per heavy atom. The fraction of sp³-hybridized carbons (Fsp3) is 0.364. The van der Waals surface area contributed by atoms with E-state index >= 15 is 0 Å². The number of nitrogens with one attached hydrogen (secondary N) is 1. The molecular formula is C11H15N3S. The van der Waals surface area contributed by atoms with Gasteiger partial charge >= 0.3 is 0 Å². The zero-order chi connectivity index (χ0) is 10.8. The van der Waals surface area contributed by atoms with Crippen molar-refractivity contribution in [3.8, 4) is 10.4 Å². The monoisotopic (exact) mass is 221 g/mol. The lowest BCUT2D eigenvalue weighted by molar-refractivity contribution is 0.669. The lowest BCUT2D eigenvalue weighted by Crippen LogP contribution is -2.10. The van der Waals surface area contributed by atoms with E-state index in [9.17, 15) is 0 Å². The minimum Gasteiger partial charge on any atom is -0.314 e. The zero-order valence-electron chi connectivity index (χ0n) is 9.24. The number of aromatic nitrogens is 2. The van der Waals surface area contributed by atoms with Crippen molar-refractivity contribution in [3.63, 3.8) is 0 Å². The molecule has 0 amide bonds. The van der Waals surface area contributed by atoms with Crippen LogP contribution in [0.15, 0.2) is 17.5 Å². The maximum Gasteiger partial charge on any atom is 0.0683 e. The van der Waals surface area contributed by atoms with Crippen molar-refractivity contribution < 1.29 is 0 Å². The number of nitrogens with zero attached hydrogens (tertiary/aromatic N) is 2. The number of aryl methyl sites for hydroxylation is 2. The minimum absolute atomic E-state index is 0.852. The van der Waals surface area contributed by atoms with Gasteiger partial charge < -0.3 is 5.32 Å². The molecule has 0 spiro atoms. The summed E-state index contributed by atoms with van der Waals surface area (Å²) in [4.78, 5) is 1.30. The van der Waals surface area contributed by atoms with Gasteiger partial charge in [0.15, 0.2) is 0 Å².